The van der Waals surface area contributed by atoms with Crippen molar-refractivity contribution >= 4 is 23.4 Å². The molecule has 1 amide bonds. The van der Waals surface area contributed by atoms with Gasteiger partial charge in [0.2, 0.25) is 5.91 Å². The number of para-hydroxylation sites is 1. The van der Waals surface area contributed by atoms with Gasteiger partial charge in [-0.15, -0.1) is 10.2 Å². The molecule has 4 rings (SSSR count). The summed E-state index contributed by atoms with van der Waals surface area (Å²) in [5.74, 6) is -0.506. The Morgan fingerprint density at radius 2 is 1.81 bits per heavy atom. The Morgan fingerprint density at radius 1 is 1.11 bits per heavy atom. The van der Waals surface area contributed by atoms with E-state index in [1.807, 2.05) is 34.9 Å². The molecule has 5 nitrogen and oxygen atoms in total. The summed E-state index contributed by atoms with van der Waals surface area (Å²) in [4.78, 5) is 12.2. The minimum Gasteiger partial charge on any atom is -0.325 e. The summed E-state index contributed by atoms with van der Waals surface area (Å²) in [6.07, 6.45) is 2.17. The zero-order valence-corrected chi connectivity index (χ0v) is 15.0. The Morgan fingerprint density at radius 3 is 2.48 bits per heavy atom. The molecule has 3 aromatic rings. The minimum atomic E-state index is -0.740. The average molecular weight is 386 g/mol. The van der Waals surface area contributed by atoms with Gasteiger partial charge >= 0.3 is 0 Å². The van der Waals surface area contributed by atoms with Crippen molar-refractivity contribution in [2.45, 2.75) is 23.9 Å². The third-order valence-electron chi connectivity index (χ3n) is 4.09. The Kier molecular flexibility index (Phi) is 4.89. The van der Waals surface area contributed by atoms with E-state index >= 15 is 0 Å². The summed E-state index contributed by atoms with van der Waals surface area (Å²) in [5, 5.41) is 11.7. The predicted octanol–water partition coefficient (Wildman–Crippen LogP) is 4.15. The smallest absolute Gasteiger partial charge is 0.234 e. The highest BCUT2D eigenvalue weighted by Gasteiger charge is 2.31. The van der Waals surface area contributed by atoms with E-state index in [2.05, 4.69) is 15.5 Å². The standard InChI is InChI=1S/C19H16F2N4OS/c20-13-8-14(21)10-15(9-13)22-17(26)11-27-19-24-23-18(12-6-7-12)25(19)16-4-2-1-3-5-16/h1-5,8-10,12H,6-7,11H2,(H,22,26). The molecule has 0 aliphatic heterocycles. The van der Waals surface area contributed by atoms with Crippen LogP contribution in [0.1, 0.15) is 24.6 Å². The number of thioether (sulfide) groups is 1. The number of halogens is 2. The van der Waals surface area contributed by atoms with Crippen LogP contribution in [-0.4, -0.2) is 26.4 Å². The highest BCUT2D eigenvalue weighted by atomic mass is 32.2. The van der Waals surface area contributed by atoms with Gasteiger partial charge in [0.25, 0.3) is 0 Å². The monoisotopic (exact) mass is 386 g/mol. The van der Waals surface area contributed by atoms with Crippen LogP contribution >= 0.6 is 11.8 Å². The molecule has 1 fully saturated rings. The number of amides is 1. The van der Waals surface area contributed by atoms with Crippen LogP contribution in [0.25, 0.3) is 5.69 Å². The molecule has 1 aliphatic rings. The molecule has 0 atom stereocenters. The van der Waals surface area contributed by atoms with E-state index in [1.54, 1.807) is 0 Å². The molecule has 27 heavy (non-hydrogen) atoms. The number of hydrogen-bond acceptors (Lipinski definition) is 4. The number of carbonyl (C=O) groups is 1. The highest BCUT2D eigenvalue weighted by Crippen LogP contribution is 2.41. The zero-order valence-electron chi connectivity index (χ0n) is 14.2. The number of anilines is 1. The van der Waals surface area contributed by atoms with Gasteiger partial charge in [-0.3, -0.25) is 9.36 Å². The molecular weight excluding hydrogens is 370 g/mol. The van der Waals surface area contributed by atoms with Gasteiger partial charge in [0.1, 0.15) is 17.5 Å². The van der Waals surface area contributed by atoms with Crippen LogP contribution < -0.4 is 5.32 Å². The van der Waals surface area contributed by atoms with E-state index in [4.69, 9.17) is 0 Å². The van der Waals surface area contributed by atoms with E-state index in [0.717, 1.165) is 42.6 Å². The largest absolute Gasteiger partial charge is 0.325 e. The van der Waals surface area contributed by atoms with E-state index in [0.29, 0.717) is 11.1 Å². The van der Waals surface area contributed by atoms with Gasteiger partial charge < -0.3 is 5.32 Å². The molecule has 0 unspecified atom stereocenters. The second-order valence-corrected chi connectivity index (χ2v) is 7.22. The molecule has 2 aromatic carbocycles. The van der Waals surface area contributed by atoms with Crippen LogP contribution in [0.5, 0.6) is 0 Å². The van der Waals surface area contributed by atoms with Gasteiger partial charge in [-0.1, -0.05) is 30.0 Å². The van der Waals surface area contributed by atoms with Crippen molar-refractivity contribution in [1.82, 2.24) is 14.8 Å². The maximum Gasteiger partial charge on any atom is 0.234 e. The number of benzene rings is 2. The van der Waals surface area contributed by atoms with E-state index < -0.39 is 11.6 Å². The quantitative estimate of drug-likeness (QED) is 0.647. The lowest BCUT2D eigenvalue weighted by Crippen LogP contribution is -2.15. The molecule has 1 saturated carbocycles. The summed E-state index contributed by atoms with van der Waals surface area (Å²) in [6.45, 7) is 0. The molecule has 0 radical (unpaired) electrons. The van der Waals surface area contributed by atoms with E-state index in [9.17, 15) is 13.6 Å². The molecular formula is C19H16F2N4OS. The van der Waals surface area contributed by atoms with Crippen molar-refractivity contribution in [3.05, 3.63) is 66.0 Å². The zero-order chi connectivity index (χ0) is 18.8. The first-order valence-electron chi connectivity index (χ1n) is 8.49. The third kappa shape index (κ3) is 4.16. The summed E-state index contributed by atoms with van der Waals surface area (Å²) in [7, 11) is 0. The number of aromatic nitrogens is 3. The fourth-order valence-corrected chi connectivity index (χ4v) is 3.51. The lowest BCUT2D eigenvalue weighted by atomic mass is 10.3. The average Bonchev–Trinajstić information content (AvgIpc) is 3.39. The topological polar surface area (TPSA) is 59.8 Å². The lowest BCUT2D eigenvalue weighted by Gasteiger charge is -2.10. The summed E-state index contributed by atoms with van der Waals surface area (Å²) >= 11 is 1.23. The molecule has 0 saturated heterocycles. The Labute approximate surface area is 158 Å². The van der Waals surface area contributed by atoms with E-state index in [-0.39, 0.29) is 17.3 Å². The molecule has 138 valence electrons. The normalized spacial score (nSPS) is 13.6. The molecule has 8 heteroatoms. The van der Waals surface area contributed by atoms with Crippen LogP contribution in [-0.2, 0) is 4.79 Å². The number of rotatable bonds is 6. The number of nitrogens with one attached hydrogen (secondary N) is 1. The highest BCUT2D eigenvalue weighted by molar-refractivity contribution is 7.99. The van der Waals surface area contributed by atoms with Gasteiger partial charge in [0.15, 0.2) is 5.16 Å². The predicted molar refractivity (Wildman–Crippen MR) is 99.0 cm³/mol. The second kappa shape index (κ2) is 7.48. The van der Waals surface area contributed by atoms with Gasteiger partial charge in [0, 0.05) is 23.4 Å². The van der Waals surface area contributed by atoms with Crippen LogP contribution in [0.3, 0.4) is 0 Å². The maximum absolute atomic E-state index is 13.2. The van der Waals surface area contributed by atoms with Crippen molar-refractivity contribution in [3.63, 3.8) is 0 Å². The van der Waals surface area contributed by atoms with Crippen molar-refractivity contribution in [1.29, 1.82) is 0 Å². The number of hydrogen-bond donors (Lipinski definition) is 1. The number of carbonyl (C=O) groups excluding carboxylic acids is 1. The Bertz CT molecular complexity index is 953. The van der Waals surface area contributed by atoms with Crippen LogP contribution in [0.15, 0.2) is 53.7 Å². The Balaban J connectivity index is 1.49. The minimum absolute atomic E-state index is 0.0494. The van der Waals surface area contributed by atoms with Crippen molar-refractivity contribution in [2.24, 2.45) is 0 Å². The maximum atomic E-state index is 13.2. The molecule has 0 spiro atoms. The molecule has 0 bridgehead atoms. The second-order valence-electron chi connectivity index (χ2n) is 6.28. The lowest BCUT2D eigenvalue weighted by molar-refractivity contribution is -0.113. The molecule has 1 aliphatic carbocycles. The van der Waals surface area contributed by atoms with Gasteiger partial charge in [0.05, 0.1) is 5.75 Å². The van der Waals surface area contributed by atoms with Crippen LogP contribution in [0.4, 0.5) is 14.5 Å². The SMILES string of the molecule is O=C(CSc1nnc(C2CC2)n1-c1ccccc1)Nc1cc(F)cc(F)c1. The molecule has 1 N–H and O–H groups in total. The van der Waals surface area contributed by atoms with Gasteiger partial charge in [-0.25, -0.2) is 8.78 Å². The summed E-state index contributed by atoms with van der Waals surface area (Å²) in [6, 6.07) is 12.6. The van der Waals surface area contributed by atoms with Crippen LogP contribution in [0.2, 0.25) is 0 Å². The van der Waals surface area contributed by atoms with Crippen molar-refractivity contribution in [2.75, 3.05) is 11.1 Å². The first-order valence-corrected chi connectivity index (χ1v) is 9.48. The summed E-state index contributed by atoms with van der Waals surface area (Å²) < 4.78 is 28.4. The van der Waals surface area contributed by atoms with Crippen molar-refractivity contribution < 1.29 is 13.6 Å². The first-order chi connectivity index (χ1) is 13.1. The first kappa shape index (κ1) is 17.7. The molecule has 1 heterocycles. The van der Waals surface area contributed by atoms with Gasteiger partial charge in [-0.05, 0) is 37.1 Å². The summed E-state index contributed by atoms with van der Waals surface area (Å²) in [5.41, 5.74) is 1.03. The van der Waals surface area contributed by atoms with Crippen LogP contribution in [0, 0.1) is 11.6 Å². The van der Waals surface area contributed by atoms with Gasteiger partial charge in [-0.2, -0.15) is 0 Å². The van der Waals surface area contributed by atoms with Crippen molar-refractivity contribution in [3.8, 4) is 5.69 Å². The third-order valence-corrected chi connectivity index (χ3v) is 5.02. The Hall–Kier alpha value is -2.74. The fourth-order valence-electron chi connectivity index (χ4n) is 2.75. The fraction of sp³-hybridized carbons (Fsp3) is 0.211. The number of nitrogens with zero attached hydrogens (tertiary/aromatic N) is 3. The molecule has 1 aromatic heterocycles. The van der Waals surface area contributed by atoms with E-state index in [1.165, 1.54) is 11.8 Å².